The Kier molecular flexibility index (Phi) is 3.71. The molecule has 0 bridgehead atoms. The van der Waals surface area contributed by atoms with Crippen molar-refractivity contribution in [2.45, 2.75) is 0 Å². The summed E-state index contributed by atoms with van der Waals surface area (Å²) in [5.41, 5.74) is 0.734. The molecule has 0 amide bonds. The Labute approximate surface area is 90.1 Å². The van der Waals surface area contributed by atoms with Crippen molar-refractivity contribution < 1.29 is 14.6 Å². The van der Waals surface area contributed by atoms with Gasteiger partial charge in [-0.3, -0.25) is 0 Å². The van der Waals surface area contributed by atoms with Gasteiger partial charge in [-0.2, -0.15) is 0 Å². The van der Waals surface area contributed by atoms with Crippen LogP contribution in [-0.2, 0) is 4.79 Å². The van der Waals surface area contributed by atoms with Crippen molar-refractivity contribution in [2.75, 3.05) is 7.11 Å². The Balaban J connectivity index is 3.02. The first-order valence-corrected chi connectivity index (χ1v) is 4.67. The van der Waals surface area contributed by atoms with E-state index in [2.05, 4.69) is 15.9 Å². The van der Waals surface area contributed by atoms with E-state index in [4.69, 9.17) is 9.84 Å². The van der Waals surface area contributed by atoms with Gasteiger partial charge in [0.25, 0.3) is 0 Å². The molecule has 0 aliphatic carbocycles. The SMILES string of the molecule is COc1cc(Br)ccc1C=CC(=O)O. The monoisotopic (exact) mass is 256 g/mol. The Morgan fingerprint density at radius 3 is 2.86 bits per heavy atom. The number of carboxylic acid groups (broad SMARTS) is 1. The average molecular weight is 257 g/mol. The maximum absolute atomic E-state index is 10.3. The minimum absolute atomic E-state index is 0.636. The number of carbonyl (C=O) groups is 1. The number of benzene rings is 1. The summed E-state index contributed by atoms with van der Waals surface area (Å²) in [4.78, 5) is 10.3. The molecule has 0 fully saturated rings. The van der Waals surface area contributed by atoms with Gasteiger partial charge >= 0.3 is 5.97 Å². The van der Waals surface area contributed by atoms with Crippen LogP contribution in [0.5, 0.6) is 5.75 Å². The van der Waals surface area contributed by atoms with Crippen molar-refractivity contribution in [1.29, 1.82) is 0 Å². The topological polar surface area (TPSA) is 46.5 Å². The number of hydrogen-bond acceptors (Lipinski definition) is 2. The molecule has 0 saturated heterocycles. The molecule has 0 radical (unpaired) electrons. The molecule has 14 heavy (non-hydrogen) atoms. The largest absolute Gasteiger partial charge is 0.496 e. The highest BCUT2D eigenvalue weighted by Crippen LogP contribution is 2.24. The first kappa shape index (κ1) is 10.8. The molecule has 4 heteroatoms. The highest BCUT2D eigenvalue weighted by molar-refractivity contribution is 9.10. The van der Waals surface area contributed by atoms with Crippen LogP contribution in [0.3, 0.4) is 0 Å². The Morgan fingerprint density at radius 1 is 1.57 bits per heavy atom. The predicted octanol–water partition coefficient (Wildman–Crippen LogP) is 2.56. The molecular formula is C10H9BrO3. The molecule has 0 aromatic heterocycles. The fourth-order valence-corrected chi connectivity index (χ4v) is 1.32. The molecule has 1 aromatic carbocycles. The van der Waals surface area contributed by atoms with Crippen molar-refractivity contribution in [2.24, 2.45) is 0 Å². The van der Waals surface area contributed by atoms with E-state index in [-0.39, 0.29) is 0 Å². The molecular weight excluding hydrogens is 248 g/mol. The van der Waals surface area contributed by atoms with Crippen LogP contribution in [0.25, 0.3) is 6.08 Å². The van der Waals surface area contributed by atoms with Crippen molar-refractivity contribution in [3.63, 3.8) is 0 Å². The second kappa shape index (κ2) is 4.81. The number of ether oxygens (including phenoxy) is 1. The van der Waals surface area contributed by atoms with Gasteiger partial charge in [-0.25, -0.2) is 4.79 Å². The molecule has 0 spiro atoms. The van der Waals surface area contributed by atoms with Crippen LogP contribution in [0.1, 0.15) is 5.56 Å². The lowest BCUT2D eigenvalue weighted by Gasteiger charge is -2.04. The zero-order valence-corrected chi connectivity index (χ0v) is 9.11. The third kappa shape index (κ3) is 2.88. The Bertz CT molecular complexity index is 372. The third-order valence-corrected chi connectivity index (χ3v) is 2.09. The summed E-state index contributed by atoms with van der Waals surface area (Å²) < 4.78 is 5.97. The number of hydrogen-bond donors (Lipinski definition) is 1. The van der Waals surface area contributed by atoms with Crippen molar-refractivity contribution in [3.05, 3.63) is 34.3 Å². The van der Waals surface area contributed by atoms with Crippen LogP contribution >= 0.6 is 15.9 Å². The van der Waals surface area contributed by atoms with Gasteiger partial charge in [0, 0.05) is 16.1 Å². The van der Waals surface area contributed by atoms with E-state index in [0.717, 1.165) is 16.1 Å². The number of carboxylic acids is 1. The van der Waals surface area contributed by atoms with Gasteiger partial charge in [-0.15, -0.1) is 0 Å². The van der Waals surface area contributed by atoms with Gasteiger partial charge in [-0.1, -0.05) is 22.0 Å². The summed E-state index contributed by atoms with van der Waals surface area (Å²) in [5, 5.41) is 8.46. The van der Waals surface area contributed by atoms with E-state index >= 15 is 0 Å². The Morgan fingerprint density at radius 2 is 2.29 bits per heavy atom. The molecule has 1 N–H and O–H groups in total. The number of aliphatic carboxylic acids is 1. The molecule has 0 atom stereocenters. The highest BCUT2D eigenvalue weighted by Gasteiger charge is 2.00. The van der Waals surface area contributed by atoms with Crippen LogP contribution in [0.15, 0.2) is 28.7 Å². The number of methoxy groups -OCH3 is 1. The zero-order chi connectivity index (χ0) is 10.6. The highest BCUT2D eigenvalue weighted by atomic mass is 79.9. The van der Waals surface area contributed by atoms with Crippen LogP contribution in [0, 0.1) is 0 Å². The normalized spacial score (nSPS) is 10.4. The molecule has 1 aromatic rings. The van der Waals surface area contributed by atoms with Crippen LogP contribution in [0.2, 0.25) is 0 Å². The molecule has 0 aliphatic heterocycles. The fourth-order valence-electron chi connectivity index (χ4n) is 0.984. The molecule has 3 nitrogen and oxygen atoms in total. The summed E-state index contributed by atoms with van der Waals surface area (Å²) in [5.74, 6) is -0.341. The number of rotatable bonds is 3. The first-order valence-electron chi connectivity index (χ1n) is 3.88. The Hall–Kier alpha value is -1.29. The second-order valence-corrected chi connectivity index (χ2v) is 3.47. The third-order valence-electron chi connectivity index (χ3n) is 1.60. The lowest BCUT2D eigenvalue weighted by atomic mass is 10.2. The fraction of sp³-hybridized carbons (Fsp3) is 0.100. The molecule has 0 unspecified atom stereocenters. The zero-order valence-electron chi connectivity index (χ0n) is 7.53. The van der Waals surface area contributed by atoms with Crippen molar-refractivity contribution >= 4 is 28.0 Å². The van der Waals surface area contributed by atoms with Crippen molar-refractivity contribution in [3.8, 4) is 5.75 Å². The van der Waals surface area contributed by atoms with Gasteiger partial charge in [0.05, 0.1) is 7.11 Å². The standard InChI is InChI=1S/C10H9BrO3/c1-14-9-6-8(11)4-2-7(9)3-5-10(12)13/h2-6H,1H3,(H,12,13). The molecule has 0 aliphatic rings. The molecule has 1 rings (SSSR count). The summed E-state index contributed by atoms with van der Waals surface area (Å²) in [6, 6.07) is 5.38. The summed E-state index contributed by atoms with van der Waals surface area (Å²) in [7, 11) is 1.54. The van der Waals surface area contributed by atoms with E-state index < -0.39 is 5.97 Å². The minimum Gasteiger partial charge on any atom is -0.496 e. The minimum atomic E-state index is -0.977. The number of halogens is 1. The predicted molar refractivity (Wildman–Crippen MR) is 57.4 cm³/mol. The van der Waals surface area contributed by atoms with Crippen LogP contribution < -0.4 is 4.74 Å². The lowest BCUT2D eigenvalue weighted by Crippen LogP contribution is -1.89. The van der Waals surface area contributed by atoms with Gasteiger partial charge in [-0.05, 0) is 18.2 Å². The van der Waals surface area contributed by atoms with Crippen molar-refractivity contribution in [1.82, 2.24) is 0 Å². The molecule has 0 saturated carbocycles. The average Bonchev–Trinajstić information content (AvgIpc) is 2.15. The van der Waals surface area contributed by atoms with Crippen LogP contribution in [0.4, 0.5) is 0 Å². The van der Waals surface area contributed by atoms with E-state index in [1.165, 1.54) is 6.08 Å². The maximum Gasteiger partial charge on any atom is 0.328 e. The molecule has 74 valence electrons. The maximum atomic E-state index is 10.3. The van der Waals surface area contributed by atoms with Gasteiger partial charge in [0.2, 0.25) is 0 Å². The molecule has 0 heterocycles. The van der Waals surface area contributed by atoms with E-state index in [9.17, 15) is 4.79 Å². The first-order chi connectivity index (χ1) is 6.63. The summed E-state index contributed by atoms with van der Waals surface area (Å²) >= 11 is 3.30. The smallest absolute Gasteiger partial charge is 0.328 e. The summed E-state index contributed by atoms with van der Waals surface area (Å²) in [6.07, 6.45) is 2.57. The van der Waals surface area contributed by atoms with Gasteiger partial charge in [0.15, 0.2) is 0 Å². The summed E-state index contributed by atoms with van der Waals surface area (Å²) in [6.45, 7) is 0. The van der Waals surface area contributed by atoms with E-state index in [1.54, 1.807) is 19.2 Å². The van der Waals surface area contributed by atoms with Gasteiger partial charge in [0.1, 0.15) is 5.75 Å². The van der Waals surface area contributed by atoms with Gasteiger partial charge < -0.3 is 9.84 Å². The lowest BCUT2D eigenvalue weighted by molar-refractivity contribution is -0.131. The quantitative estimate of drug-likeness (QED) is 0.846. The van der Waals surface area contributed by atoms with Crippen LogP contribution in [-0.4, -0.2) is 18.2 Å². The second-order valence-electron chi connectivity index (χ2n) is 2.56. The van der Waals surface area contributed by atoms with E-state index in [0.29, 0.717) is 5.75 Å². The van der Waals surface area contributed by atoms with E-state index in [1.807, 2.05) is 6.07 Å².